The molecule has 1 N–H and O–H groups in total. The third kappa shape index (κ3) is 5.19. The van der Waals surface area contributed by atoms with Crippen molar-refractivity contribution in [2.75, 3.05) is 24.5 Å². The molecule has 4 rings (SSSR count). The molecule has 0 spiro atoms. The van der Waals surface area contributed by atoms with Crippen molar-refractivity contribution in [2.45, 2.75) is 51.7 Å². The van der Waals surface area contributed by atoms with Gasteiger partial charge in [-0.3, -0.25) is 4.79 Å². The molecule has 0 radical (unpaired) electrons. The number of rotatable bonds is 6. The van der Waals surface area contributed by atoms with Gasteiger partial charge in [-0.1, -0.05) is 47.5 Å². The number of benzene rings is 2. The summed E-state index contributed by atoms with van der Waals surface area (Å²) < 4.78 is 0. The summed E-state index contributed by atoms with van der Waals surface area (Å²) in [7, 11) is 0. The van der Waals surface area contributed by atoms with Crippen molar-refractivity contribution in [1.29, 1.82) is 0 Å². The van der Waals surface area contributed by atoms with E-state index in [-0.39, 0.29) is 11.9 Å². The summed E-state index contributed by atoms with van der Waals surface area (Å²) in [5.74, 6) is 0.662. The molecular weight excluding hydrogens is 429 g/mol. The van der Waals surface area contributed by atoms with Crippen LogP contribution in [0.2, 0.25) is 10.0 Å². The number of piperidine rings is 1. The van der Waals surface area contributed by atoms with Gasteiger partial charge in [-0.15, -0.1) is 0 Å². The van der Waals surface area contributed by atoms with Crippen LogP contribution < -0.4 is 10.2 Å². The molecule has 2 aromatic rings. The number of nitrogens with zero attached hydrogens (tertiary/aromatic N) is 2. The SMILES string of the molecule is CC(C)N1CCC(CNC(=O)C2Cc3ccccc3N2Cc2ccc(Cl)cc2Cl)CC1. The summed E-state index contributed by atoms with van der Waals surface area (Å²) in [4.78, 5) is 18.0. The normalized spacial score (nSPS) is 19.6. The Morgan fingerprint density at radius 1 is 1.13 bits per heavy atom. The highest BCUT2D eigenvalue weighted by atomic mass is 35.5. The summed E-state index contributed by atoms with van der Waals surface area (Å²) in [5.41, 5.74) is 3.29. The van der Waals surface area contributed by atoms with Crippen LogP contribution in [0.25, 0.3) is 0 Å². The molecule has 1 amide bonds. The maximum Gasteiger partial charge on any atom is 0.243 e. The molecule has 1 atom stereocenters. The van der Waals surface area contributed by atoms with Gasteiger partial charge in [0.25, 0.3) is 0 Å². The molecule has 2 aliphatic heterocycles. The third-order valence-electron chi connectivity index (χ3n) is 6.69. The van der Waals surface area contributed by atoms with Gasteiger partial charge in [0.2, 0.25) is 5.91 Å². The van der Waals surface area contributed by atoms with E-state index in [4.69, 9.17) is 23.2 Å². The van der Waals surface area contributed by atoms with E-state index in [0.29, 0.717) is 28.5 Å². The quantitative estimate of drug-likeness (QED) is 0.647. The molecule has 4 nitrogen and oxygen atoms in total. The molecule has 0 bridgehead atoms. The standard InChI is InChI=1S/C25H31Cl2N3O/c1-17(2)29-11-9-18(10-12-29)15-28-25(31)24-13-19-5-3-4-6-23(19)30(24)16-20-7-8-21(26)14-22(20)27/h3-8,14,17-18,24H,9-13,15-16H2,1-2H3,(H,28,31). The van der Waals surface area contributed by atoms with Crippen LogP contribution in [-0.4, -0.2) is 42.5 Å². The number of anilines is 1. The van der Waals surface area contributed by atoms with Gasteiger partial charge < -0.3 is 15.1 Å². The molecule has 31 heavy (non-hydrogen) atoms. The molecule has 1 saturated heterocycles. The Bertz CT molecular complexity index is 925. The van der Waals surface area contributed by atoms with Crippen molar-refractivity contribution in [2.24, 2.45) is 5.92 Å². The third-order valence-corrected chi connectivity index (χ3v) is 7.28. The predicted octanol–water partition coefficient (Wildman–Crippen LogP) is 5.16. The Hall–Kier alpha value is -1.75. The number of halogens is 2. The minimum absolute atomic E-state index is 0.104. The average molecular weight is 460 g/mol. The zero-order valence-corrected chi connectivity index (χ0v) is 19.8. The van der Waals surface area contributed by atoms with Gasteiger partial charge in [-0.05, 0) is 75.0 Å². The fourth-order valence-electron chi connectivity index (χ4n) is 4.75. The fraction of sp³-hybridized carbons (Fsp3) is 0.480. The predicted molar refractivity (Wildman–Crippen MR) is 129 cm³/mol. The minimum Gasteiger partial charge on any atom is -0.355 e. The van der Waals surface area contributed by atoms with Gasteiger partial charge in [-0.2, -0.15) is 0 Å². The molecule has 0 aliphatic carbocycles. The monoisotopic (exact) mass is 459 g/mol. The maximum atomic E-state index is 13.3. The van der Waals surface area contributed by atoms with Crippen molar-refractivity contribution < 1.29 is 4.79 Å². The highest BCUT2D eigenvalue weighted by Gasteiger charge is 2.35. The minimum atomic E-state index is -0.222. The molecular formula is C25H31Cl2N3O. The van der Waals surface area contributed by atoms with Gasteiger partial charge >= 0.3 is 0 Å². The van der Waals surface area contributed by atoms with Crippen LogP contribution in [0.15, 0.2) is 42.5 Å². The van der Waals surface area contributed by atoms with E-state index in [0.717, 1.165) is 50.1 Å². The molecule has 0 aromatic heterocycles. The number of fused-ring (bicyclic) bond motifs is 1. The Balaban J connectivity index is 1.43. The topological polar surface area (TPSA) is 35.6 Å². The summed E-state index contributed by atoms with van der Waals surface area (Å²) >= 11 is 12.5. The van der Waals surface area contributed by atoms with Crippen molar-refractivity contribution in [1.82, 2.24) is 10.2 Å². The molecule has 0 saturated carbocycles. The summed E-state index contributed by atoms with van der Waals surface area (Å²) in [5, 5.41) is 4.51. The molecule has 2 aliphatic rings. The molecule has 2 aromatic carbocycles. The Morgan fingerprint density at radius 3 is 2.58 bits per heavy atom. The zero-order chi connectivity index (χ0) is 22.0. The lowest BCUT2D eigenvalue weighted by Crippen LogP contribution is -2.47. The van der Waals surface area contributed by atoms with E-state index in [1.165, 1.54) is 5.56 Å². The number of carbonyl (C=O) groups excluding carboxylic acids is 1. The van der Waals surface area contributed by atoms with E-state index >= 15 is 0 Å². The van der Waals surface area contributed by atoms with Crippen molar-refractivity contribution >= 4 is 34.8 Å². The highest BCUT2D eigenvalue weighted by Crippen LogP contribution is 2.35. The van der Waals surface area contributed by atoms with Crippen LogP contribution in [0.4, 0.5) is 5.69 Å². The second-order valence-electron chi connectivity index (χ2n) is 9.03. The molecule has 2 heterocycles. The summed E-state index contributed by atoms with van der Waals surface area (Å²) in [6.07, 6.45) is 3.01. The molecule has 166 valence electrons. The first-order valence-electron chi connectivity index (χ1n) is 11.2. The van der Waals surface area contributed by atoms with Gasteiger partial charge in [0.1, 0.15) is 6.04 Å². The van der Waals surface area contributed by atoms with Crippen LogP contribution in [0.5, 0.6) is 0 Å². The number of carbonyl (C=O) groups is 1. The first-order valence-corrected chi connectivity index (χ1v) is 12.0. The van der Waals surface area contributed by atoms with Crippen LogP contribution >= 0.6 is 23.2 Å². The number of likely N-dealkylation sites (tertiary alicyclic amines) is 1. The lowest BCUT2D eigenvalue weighted by atomic mass is 9.96. The van der Waals surface area contributed by atoms with Crippen LogP contribution in [0, 0.1) is 5.92 Å². The Morgan fingerprint density at radius 2 is 1.87 bits per heavy atom. The molecule has 6 heteroatoms. The smallest absolute Gasteiger partial charge is 0.243 e. The fourth-order valence-corrected chi connectivity index (χ4v) is 5.22. The number of para-hydroxylation sites is 1. The highest BCUT2D eigenvalue weighted by molar-refractivity contribution is 6.35. The summed E-state index contributed by atoms with van der Waals surface area (Å²) in [6, 6.07) is 14.2. The van der Waals surface area contributed by atoms with Crippen molar-refractivity contribution in [3.05, 3.63) is 63.6 Å². The first kappa shape index (κ1) is 22.4. The Kier molecular flexibility index (Phi) is 7.10. The molecule has 1 unspecified atom stereocenters. The van der Waals surface area contributed by atoms with Crippen LogP contribution in [0.3, 0.4) is 0 Å². The van der Waals surface area contributed by atoms with Crippen molar-refractivity contribution in [3.8, 4) is 0 Å². The molecule has 1 fully saturated rings. The van der Waals surface area contributed by atoms with Gasteiger partial charge in [0.05, 0.1) is 0 Å². The second kappa shape index (κ2) is 9.81. The van der Waals surface area contributed by atoms with Gasteiger partial charge in [0.15, 0.2) is 0 Å². The van der Waals surface area contributed by atoms with Gasteiger partial charge in [0, 0.05) is 41.3 Å². The number of nitrogens with one attached hydrogen (secondary N) is 1. The van der Waals surface area contributed by atoms with Gasteiger partial charge in [-0.25, -0.2) is 0 Å². The van der Waals surface area contributed by atoms with E-state index in [2.05, 4.69) is 41.1 Å². The van der Waals surface area contributed by atoms with E-state index in [9.17, 15) is 4.79 Å². The van der Waals surface area contributed by atoms with Crippen LogP contribution in [0.1, 0.15) is 37.8 Å². The van der Waals surface area contributed by atoms with E-state index < -0.39 is 0 Å². The van der Waals surface area contributed by atoms with E-state index in [1.54, 1.807) is 6.07 Å². The van der Waals surface area contributed by atoms with E-state index in [1.807, 2.05) is 24.3 Å². The number of amides is 1. The zero-order valence-electron chi connectivity index (χ0n) is 18.3. The number of hydrogen-bond acceptors (Lipinski definition) is 3. The number of hydrogen-bond donors (Lipinski definition) is 1. The first-order chi connectivity index (χ1) is 14.9. The van der Waals surface area contributed by atoms with Crippen LogP contribution in [-0.2, 0) is 17.8 Å². The van der Waals surface area contributed by atoms with Crippen molar-refractivity contribution in [3.63, 3.8) is 0 Å². The second-order valence-corrected chi connectivity index (χ2v) is 9.87. The maximum absolute atomic E-state index is 13.3. The lowest BCUT2D eigenvalue weighted by molar-refractivity contribution is -0.122. The average Bonchev–Trinajstić information content (AvgIpc) is 3.13. The largest absolute Gasteiger partial charge is 0.355 e. The lowest BCUT2D eigenvalue weighted by Gasteiger charge is -2.35. The summed E-state index contributed by atoms with van der Waals surface area (Å²) in [6.45, 7) is 8.08. The Labute approximate surface area is 195 Å².